The van der Waals surface area contributed by atoms with Crippen LogP contribution in [0.2, 0.25) is 0 Å². The number of halogens is 4. The van der Waals surface area contributed by atoms with E-state index in [9.17, 15) is 32.9 Å². The topological polar surface area (TPSA) is 110 Å². The molecule has 1 aromatic heterocycles. The van der Waals surface area contributed by atoms with E-state index in [0.717, 1.165) is 25.0 Å². The van der Waals surface area contributed by atoms with Gasteiger partial charge in [-0.2, -0.15) is 13.2 Å². The van der Waals surface area contributed by atoms with Crippen molar-refractivity contribution in [1.82, 2.24) is 9.47 Å². The number of ether oxygens (including phenoxy) is 1. The Morgan fingerprint density at radius 1 is 1.15 bits per heavy atom. The van der Waals surface area contributed by atoms with Crippen molar-refractivity contribution in [3.05, 3.63) is 73.8 Å². The van der Waals surface area contributed by atoms with E-state index in [4.69, 9.17) is 4.74 Å². The fourth-order valence-electron chi connectivity index (χ4n) is 5.11. The molecule has 2 fully saturated rings. The van der Waals surface area contributed by atoms with Crippen LogP contribution in [0.3, 0.4) is 0 Å². The number of anilines is 2. The van der Waals surface area contributed by atoms with Gasteiger partial charge in [0, 0.05) is 68.6 Å². The number of carbonyl (C=O) groups excluding carboxylic acids is 1. The van der Waals surface area contributed by atoms with Gasteiger partial charge in [0.25, 0.3) is 5.69 Å². The largest absolute Gasteiger partial charge is 0.465 e. The Balaban J connectivity index is 1.25. The normalized spacial score (nSPS) is 16.2. The molecule has 2 aliphatic rings. The Bertz CT molecular complexity index is 1560. The first-order chi connectivity index (χ1) is 19.5. The van der Waals surface area contributed by atoms with Crippen LogP contribution in [0.5, 0.6) is 0 Å². The summed E-state index contributed by atoms with van der Waals surface area (Å²) in [5.41, 5.74) is -2.01. The van der Waals surface area contributed by atoms with Crippen LogP contribution in [0.25, 0.3) is 10.9 Å². The van der Waals surface area contributed by atoms with E-state index in [0.29, 0.717) is 50.5 Å². The second-order valence-corrected chi connectivity index (χ2v) is 10.1. The smallest absolute Gasteiger partial charge is 0.423 e. The first-order valence-electron chi connectivity index (χ1n) is 13.0. The van der Waals surface area contributed by atoms with Crippen molar-refractivity contribution >= 4 is 33.9 Å². The monoisotopic (exact) mass is 577 g/mol. The van der Waals surface area contributed by atoms with Crippen LogP contribution < -0.4 is 15.6 Å². The zero-order valence-corrected chi connectivity index (χ0v) is 22.0. The summed E-state index contributed by atoms with van der Waals surface area (Å²) >= 11 is 0. The highest BCUT2D eigenvalue weighted by Crippen LogP contribution is 2.39. The number of nitrogens with zero attached hydrogens (tertiary/aromatic N) is 4. The van der Waals surface area contributed by atoms with Gasteiger partial charge < -0.3 is 19.5 Å². The number of pyridine rings is 1. The molecule has 2 heterocycles. The summed E-state index contributed by atoms with van der Waals surface area (Å²) < 4.78 is 61.6. The molecule has 1 aliphatic carbocycles. The minimum absolute atomic E-state index is 0.116. The molecule has 3 aromatic rings. The quantitative estimate of drug-likeness (QED) is 0.181. The van der Waals surface area contributed by atoms with Crippen molar-refractivity contribution in [3.8, 4) is 0 Å². The van der Waals surface area contributed by atoms with Gasteiger partial charge in [-0.3, -0.25) is 19.8 Å². The molecule has 218 valence electrons. The SMILES string of the molecule is COC(=O)c1cn(C2CC2)c2cc(N3CCN(CCNc4ccc([N+](=O)[O-])c(C(F)(F)F)c4)CC3)c(F)cc2c1=O. The second kappa shape index (κ2) is 11.0. The molecule has 41 heavy (non-hydrogen) atoms. The van der Waals surface area contributed by atoms with Gasteiger partial charge in [-0.25, -0.2) is 9.18 Å². The standard InChI is InChI=1S/C27H27F4N5O5/c1-41-26(38)19-15-35(17-3-4-17)23-14-24(21(28)13-18(23)25(19)37)34-10-8-33(9-11-34)7-6-32-16-2-5-22(36(39)40)20(12-16)27(29,30)31/h2,5,12-15,17,32H,3-4,6-11H2,1H3. The summed E-state index contributed by atoms with van der Waals surface area (Å²) in [5.74, 6) is -1.34. The molecule has 1 N–H and O–H groups in total. The van der Waals surface area contributed by atoms with E-state index in [2.05, 4.69) is 10.2 Å². The number of hydrogen-bond donors (Lipinski definition) is 1. The predicted molar refractivity (Wildman–Crippen MR) is 143 cm³/mol. The van der Waals surface area contributed by atoms with Gasteiger partial charge in [-0.05, 0) is 37.1 Å². The number of fused-ring (bicyclic) bond motifs is 1. The van der Waals surface area contributed by atoms with Gasteiger partial charge in [0.15, 0.2) is 0 Å². The summed E-state index contributed by atoms with van der Waals surface area (Å²) in [5, 5.41) is 13.9. The maximum Gasteiger partial charge on any atom is 0.423 e. The third kappa shape index (κ3) is 5.82. The Labute approximate surface area is 231 Å². The molecule has 10 nitrogen and oxygen atoms in total. The van der Waals surface area contributed by atoms with Crippen LogP contribution in [-0.4, -0.2) is 66.7 Å². The summed E-state index contributed by atoms with van der Waals surface area (Å²) in [6, 6.07) is 5.74. The van der Waals surface area contributed by atoms with Crippen LogP contribution in [0.4, 0.5) is 34.6 Å². The lowest BCUT2D eigenvalue weighted by Crippen LogP contribution is -2.48. The highest BCUT2D eigenvalue weighted by Gasteiger charge is 2.38. The lowest BCUT2D eigenvalue weighted by atomic mass is 10.1. The number of carbonyl (C=O) groups is 1. The second-order valence-electron chi connectivity index (χ2n) is 10.1. The summed E-state index contributed by atoms with van der Waals surface area (Å²) in [7, 11) is 1.19. The Morgan fingerprint density at radius 2 is 1.85 bits per heavy atom. The molecule has 0 radical (unpaired) electrons. The molecule has 0 bridgehead atoms. The Hall–Kier alpha value is -4.20. The van der Waals surface area contributed by atoms with Crippen molar-refractivity contribution in [1.29, 1.82) is 0 Å². The van der Waals surface area contributed by atoms with Gasteiger partial charge in [0.2, 0.25) is 5.43 Å². The average molecular weight is 578 g/mol. The van der Waals surface area contributed by atoms with Gasteiger partial charge >= 0.3 is 12.1 Å². The first-order valence-corrected chi connectivity index (χ1v) is 13.0. The zero-order valence-electron chi connectivity index (χ0n) is 22.0. The highest BCUT2D eigenvalue weighted by atomic mass is 19.4. The van der Waals surface area contributed by atoms with Crippen LogP contribution in [0.15, 0.2) is 41.3 Å². The van der Waals surface area contributed by atoms with Crippen LogP contribution in [0, 0.1) is 15.9 Å². The molecule has 0 spiro atoms. The fourth-order valence-corrected chi connectivity index (χ4v) is 5.11. The van der Waals surface area contributed by atoms with Crippen molar-refractivity contribution in [2.24, 2.45) is 0 Å². The fraction of sp³-hybridized carbons (Fsp3) is 0.407. The van der Waals surface area contributed by atoms with Crippen LogP contribution in [0.1, 0.15) is 34.8 Å². The highest BCUT2D eigenvalue weighted by molar-refractivity contribution is 5.94. The molecule has 1 aliphatic heterocycles. The Kier molecular flexibility index (Phi) is 7.60. The van der Waals surface area contributed by atoms with Crippen molar-refractivity contribution in [3.63, 3.8) is 0 Å². The van der Waals surface area contributed by atoms with E-state index in [-0.39, 0.29) is 22.7 Å². The van der Waals surface area contributed by atoms with Gasteiger partial charge in [-0.15, -0.1) is 0 Å². The summed E-state index contributed by atoms with van der Waals surface area (Å²) in [4.78, 5) is 38.9. The maximum absolute atomic E-state index is 15.3. The number of piperazine rings is 1. The number of benzene rings is 2. The lowest BCUT2D eigenvalue weighted by molar-refractivity contribution is -0.388. The Morgan fingerprint density at radius 3 is 2.46 bits per heavy atom. The number of nitro groups is 1. The number of nitrogens with one attached hydrogen (secondary N) is 1. The van der Waals surface area contributed by atoms with Gasteiger partial charge in [0.1, 0.15) is 16.9 Å². The number of nitro benzene ring substituents is 1. The first kappa shape index (κ1) is 28.3. The molecule has 0 amide bonds. The number of alkyl halides is 3. The molecule has 2 aromatic carbocycles. The van der Waals surface area contributed by atoms with E-state index < -0.39 is 39.6 Å². The third-order valence-electron chi connectivity index (χ3n) is 7.42. The molecule has 0 unspecified atom stereocenters. The van der Waals surface area contributed by atoms with Crippen LogP contribution >= 0.6 is 0 Å². The molecular formula is C27H27F4N5O5. The molecule has 1 saturated heterocycles. The summed E-state index contributed by atoms with van der Waals surface area (Å²) in [6.07, 6.45) is -1.60. The van der Waals surface area contributed by atoms with Crippen LogP contribution in [-0.2, 0) is 10.9 Å². The minimum atomic E-state index is -4.86. The number of methoxy groups -OCH3 is 1. The third-order valence-corrected chi connectivity index (χ3v) is 7.42. The molecule has 5 rings (SSSR count). The van der Waals surface area contributed by atoms with Gasteiger partial charge in [0.05, 0.1) is 23.2 Å². The molecule has 14 heteroatoms. The lowest BCUT2D eigenvalue weighted by Gasteiger charge is -2.36. The summed E-state index contributed by atoms with van der Waals surface area (Å²) in [6.45, 7) is 2.87. The van der Waals surface area contributed by atoms with E-state index in [1.807, 2.05) is 9.47 Å². The number of rotatable bonds is 8. The van der Waals surface area contributed by atoms with Gasteiger partial charge in [-0.1, -0.05) is 0 Å². The van der Waals surface area contributed by atoms with E-state index in [1.54, 1.807) is 6.07 Å². The number of esters is 1. The molecular weight excluding hydrogens is 550 g/mol. The number of hydrogen-bond acceptors (Lipinski definition) is 8. The molecule has 1 saturated carbocycles. The van der Waals surface area contributed by atoms with E-state index in [1.165, 1.54) is 25.4 Å². The maximum atomic E-state index is 15.3. The van der Waals surface area contributed by atoms with Crippen molar-refractivity contribution in [2.45, 2.75) is 25.1 Å². The average Bonchev–Trinajstić information content (AvgIpc) is 3.78. The van der Waals surface area contributed by atoms with Crippen molar-refractivity contribution in [2.75, 3.05) is 56.6 Å². The minimum Gasteiger partial charge on any atom is -0.465 e. The number of aromatic nitrogens is 1. The molecule has 0 atom stereocenters. The predicted octanol–water partition coefficient (Wildman–Crippen LogP) is 4.42. The van der Waals surface area contributed by atoms with E-state index >= 15 is 4.39 Å². The van der Waals surface area contributed by atoms with Crippen molar-refractivity contribution < 1.29 is 32.0 Å². The zero-order chi connectivity index (χ0) is 29.5.